The second kappa shape index (κ2) is 5.79. The van der Waals surface area contributed by atoms with Crippen LogP contribution in [0.2, 0.25) is 0 Å². The van der Waals surface area contributed by atoms with Crippen molar-refractivity contribution >= 4 is 5.97 Å². The highest BCUT2D eigenvalue weighted by Gasteiger charge is 2.64. The van der Waals surface area contributed by atoms with E-state index in [1.54, 1.807) is 0 Å². The van der Waals surface area contributed by atoms with E-state index in [9.17, 15) is 4.79 Å². The summed E-state index contributed by atoms with van der Waals surface area (Å²) in [6.45, 7) is 5.98. The molecule has 3 saturated heterocycles. The number of benzene rings is 1. The predicted octanol–water partition coefficient (Wildman–Crippen LogP) is 2.47. The maximum Gasteiger partial charge on any atom is 0.310 e. The fourth-order valence-electron chi connectivity index (χ4n) is 5.06. The highest BCUT2D eigenvalue weighted by molar-refractivity contribution is 5.75. The molecule has 2 bridgehead atoms. The van der Waals surface area contributed by atoms with E-state index in [0.29, 0.717) is 0 Å². The second-order valence-corrected chi connectivity index (χ2v) is 8.09. The SMILES string of the molecule is COC(=O)[C@H]1[C@H]2[C@@H]3OC(C)(C)O[C@@H]3[C@@H](C[C@@H]1c1ccc(C)cc1)N2C. The van der Waals surface area contributed by atoms with Gasteiger partial charge in [0, 0.05) is 12.0 Å². The number of carbonyl (C=O) groups excluding carboxylic acids is 1. The molecule has 3 aliphatic rings. The summed E-state index contributed by atoms with van der Waals surface area (Å²) >= 11 is 0. The Morgan fingerprint density at radius 2 is 1.84 bits per heavy atom. The molecule has 3 aliphatic heterocycles. The third-order valence-corrected chi connectivity index (χ3v) is 6.15. The van der Waals surface area contributed by atoms with Gasteiger partial charge in [0.1, 0.15) is 12.2 Å². The molecule has 0 amide bonds. The zero-order valence-corrected chi connectivity index (χ0v) is 15.6. The van der Waals surface area contributed by atoms with Crippen molar-refractivity contribution in [3.63, 3.8) is 0 Å². The van der Waals surface area contributed by atoms with Crippen LogP contribution in [0.15, 0.2) is 24.3 Å². The van der Waals surface area contributed by atoms with E-state index in [4.69, 9.17) is 14.2 Å². The van der Waals surface area contributed by atoms with Gasteiger partial charge in [-0.3, -0.25) is 9.69 Å². The van der Waals surface area contributed by atoms with Crippen molar-refractivity contribution in [2.75, 3.05) is 14.2 Å². The highest BCUT2D eigenvalue weighted by atomic mass is 16.8. The third-order valence-electron chi connectivity index (χ3n) is 6.15. The van der Waals surface area contributed by atoms with Crippen molar-refractivity contribution in [1.29, 1.82) is 0 Å². The number of carbonyl (C=O) groups is 1. The van der Waals surface area contributed by atoms with Gasteiger partial charge in [0.05, 0.1) is 19.1 Å². The fraction of sp³-hybridized carbons (Fsp3) is 0.650. The highest BCUT2D eigenvalue weighted by Crippen LogP contribution is 2.52. The quantitative estimate of drug-likeness (QED) is 0.771. The summed E-state index contributed by atoms with van der Waals surface area (Å²) in [6.07, 6.45) is 0.785. The van der Waals surface area contributed by atoms with Crippen LogP contribution in [0.5, 0.6) is 0 Å². The van der Waals surface area contributed by atoms with Crippen LogP contribution in [0.3, 0.4) is 0 Å². The van der Waals surface area contributed by atoms with Crippen molar-refractivity contribution < 1.29 is 19.0 Å². The van der Waals surface area contributed by atoms with Crippen LogP contribution >= 0.6 is 0 Å². The van der Waals surface area contributed by atoms with Crippen molar-refractivity contribution in [2.45, 2.75) is 63.2 Å². The lowest BCUT2D eigenvalue weighted by atomic mass is 9.75. The number of nitrogens with zero attached hydrogens (tertiary/aromatic N) is 1. The summed E-state index contributed by atoms with van der Waals surface area (Å²) in [6, 6.07) is 8.74. The molecular weight excluding hydrogens is 318 g/mol. The Labute approximate surface area is 149 Å². The maximum absolute atomic E-state index is 12.8. The number of hydrogen-bond donors (Lipinski definition) is 0. The molecule has 1 aromatic carbocycles. The minimum atomic E-state index is -0.593. The normalized spacial score (nSPS) is 39.2. The van der Waals surface area contributed by atoms with Crippen molar-refractivity contribution in [3.05, 3.63) is 35.4 Å². The zero-order valence-electron chi connectivity index (χ0n) is 15.6. The lowest BCUT2D eigenvalue weighted by Crippen LogP contribution is -2.53. The standard InChI is InChI=1S/C20H27NO4/c1-11-6-8-12(9-7-11)13-10-14-17-18(25-20(2,3)24-17)16(21(14)4)15(13)19(22)23-5/h6-9,13-18H,10H2,1-5H3/t13-,14-,15-,16+,17-,18+/m1/s1. The Bertz CT molecular complexity index is 671. The number of rotatable bonds is 2. The lowest BCUT2D eigenvalue weighted by molar-refractivity contribution is -0.181. The van der Waals surface area contributed by atoms with Crippen LogP contribution in [-0.2, 0) is 19.0 Å². The topological polar surface area (TPSA) is 48.0 Å². The molecular formula is C20H27NO4. The first-order chi connectivity index (χ1) is 11.8. The molecule has 0 radical (unpaired) electrons. The number of piperidine rings is 1. The van der Waals surface area contributed by atoms with Crippen LogP contribution in [0.25, 0.3) is 0 Å². The Hall–Kier alpha value is -1.43. The van der Waals surface area contributed by atoms with Crippen LogP contribution in [0.4, 0.5) is 0 Å². The maximum atomic E-state index is 12.8. The van der Waals surface area contributed by atoms with Gasteiger partial charge in [-0.1, -0.05) is 29.8 Å². The third kappa shape index (κ3) is 2.60. The Morgan fingerprint density at radius 3 is 2.48 bits per heavy atom. The smallest absolute Gasteiger partial charge is 0.310 e. The van der Waals surface area contributed by atoms with Gasteiger partial charge in [-0.05, 0) is 39.8 Å². The summed E-state index contributed by atoms with van der Waals surface area (Å²) in [7, 11) is 3.55. The molecule has 4 rings (SSSR count). The molecule has 5 nitrogen and oxygen atoms in total. The first kappa shape index (κ1) is 17.0. The molecule has 25 heavy (non-hydrogen) atoms. The van der Waals surface area contributed by atoms with Gasteiger partial charge in [0.15, 0.2) is 5.79 Å². The van der Waals surface area contributed by atoms with Gasteiger partial charge in [-0.15, -0.1) is 0 Å². The Kier molecular flexibility index (Phi) is 3.94. The number of methoxy groups -OCH3 is 1. The number of ether oxygens (including phenoxy) is 3. The van der Waals surface area contributed by atoms with E-state index in [1.165, 1.54) is 18.2 Å². The zero-order chi connectivity index (χ0) is 17.9. The van der Waals surface area contributed by atoms with Gasteiger partial charge in [-0.25, -0.2) is 0 Å². The fourth-order valence-corrected chi connectivity index (χ4v) is 5.06. The molecule has 0 N–H and O–H groups in total. The van der Waals surface area contributed by atoms with Crippen LogP contribution < -0.4 is 0 Å². The number of hydrogen-bond acceptors (Lipinski definition) is 5. The molecule has 0 saturated carbocycles. The molecule has 1 aromatic rings. The summed E-state index contributed by atoms with van der Waals surface area (Å²) in [5, 5.41) is 0. The average molecular weight is 345 g/mol. The molecule has 5 heteroatoms. The van der Waals surface area contributed by atoms with Crippen LogP contribution in [0, 0.1) is 12.8 Å². The summed E-state index contributed by atoms with van der Waals surface area (Å²) < 4.78 is 17.6. The summed E-state index contributed by atoms with van der Waals surface area (Å²) in [5.41, 5.74) is 2.42. The van der Waals surface area contributed by atoms with Crippen molar-refractivity contribution in [2.24, 2.45) is 5.92 Å². The van der Waals surface area contributed by atoms with Crippen molar-refractivity contribution in [3.8, 4) is 0 Å². The van der Waals surface area contributed by atoms with E-state index in [-0.39, 0.29) is 42.1 Å². The molecule has 3 fully saturated rings. The monoisotopic (exact) mass is 345 g/mol. The van der Waals surface area contributed by atoms with Gasteiger partial charge in [0.2, 0.25) is 0 Å². The molecule has 6 atom stereocenters. The Morgan fingerprint density at radius 1 is 1.20 bits per heavy atom. The molecule has 136 valence electrons. The largest absolute Gasteiger partial charge is 0.469 e. The predicted molar refractivity (Wildman–Crippen MR) is 93.2 cm³/mol. The van der Waals surface area contributed by atoms with E-state index in [1.807, 2.05) is 13.8 Å². The molecule has 0 aromatic heterocycles. The van der Waals surface area contributed by atoms with Crippen molar-refractivity contribution in [1.82, 2.24) is 4.90 Å². The summed E-state index contributed by atoms with van der Waals surface area (Å²) in [5.74, 6) is -0.874. The first-order valence-electron chi connectivity index (χ1n) is 9.04. The molecule has 0 unspecified atom stereocenters. The van der Waals surface area contributed by atoms with Gasteiger partial charge in [0.25, 0.3) is 0 Å². The van der Waals surface area contributed by atoms with Crippen LogP contribution in [0.1, 0.15) is 37.3 Å². The first-order valence-corrected chi connectivity index (χ1v) is 9.04. The minimum Gasteiger partial charge on any atom is -0.469 e. The Balaban J connectivity index is 1.74. The van der Waals surface area contributed by atoms with E-state index in [2.05, 4.69) is 43.1 Å². The minimum absolute atomic E-state index is 0.00704. The number of aryl methyl sites for hydroxylation is 1. The van der Waals surface area contributed by atoms with Crippen LogP contribution in [-0.4, -0.2) is 55.1 Å². The average Bonchev–Trinajstić information content (AvgIpc) is 2.95. The molecule has 0 spiro atoms. The van der Waals surface area contributed by atoms with Gasteiger partial charge >= 0.3 is 5.97 Å². The van der Waals surface area contributed by atoms with E-state index in [0.717, 1.165) is 6.42 Å². The van der Waals surface area contributed by atoms with E-state index >= 15 is 0 Å². The lowest BCUT2D eigenvalue weighted by Gasteiger charge is -2.43. The summed E-state index contributed by atoms with van der Waals surface area (Å²) in [4.78, 5) is 15.0. The number of fused-ring (bicyclic) bond motifs is 5. The van der Waals surface area contributed by atoms with E-state index < -0.39 is 5.79 Å². The second-order valence-electron chi connectivity index (χ2n) is 8.09. The van der Waals surface area contributed by atoms with Gasteiger partial charge in [-0.2, -0.15) is 0 Å². The van der Waals surface area contributed by atoms with Gasteiger partial charge < -0.3 is 14.2 Å². The number of esters is 1. The molecule has 0 aliphatic carbocycles. The molecule has 3 heterocycles. The number of likely N-dealkylation sites (N-methyl/N-ethyl adjacent to an activating group) is 1.